The third-order valence-corrected chi connectivity index (χ3v) is 4.02. The number of imidazole rings is 1. The average Bonchev–Trinajstić information content (AvgIpc) is 3.11. The minimum Gasteiger partial charge on any atom is -0.445 e. The molecule has 0 saturated carbocycles. The van der Waals surface area contributed by atoms with Gasteiger partial charge in [-0.05, 0) is 35.5 Å². The molecule has 1 amide bonds. The van der Waals surface area contributed by atoms with Gasteiger partial charge in [-0.3, -0.25) is 4.57 Å². The van der Waals surface area contributed by atoms with Crippen molar-refractivity contribution in [3.8, 4) is 5.69 Å². The molecular weight excluding hydrogens is 346 g/mol. The Bertz CT molecular complexity index is 927. The summed E-state index contributed by atoms with van der Waals surface area (Å²) in [4.78, 5) is 14.6. The van der Waals surface area contributed by atoms with Crippen LogP contribution in [0.15, 0.2) is 73.1 Å². The van der Waals surface area contributed by atoms with Gasteiger partial charge in [-0.25, -0.2) is 4.79 Å². The molecule has 0 radical (unpaired) electrons. The highest BCUT2D eigenvalue weighted by Crippen LogP contribution is 2.11. The first-order chi connectivity index (χ1) is 12.7. The van der Waals surface area contributed by atoms with E-state index in [1.54, 1.807) is 6.20 Å². The van der Waals surface area contributed by atoms with Gasteiger partial charge in [0.2, 0.25) is 0 Å². The molecule has 0 bridgehead atoms. The van der Waals surface area contributed by atoms with Gasteiger partial charge in [0.1, 0.15) is 6.61 Å². The monoisotopic (exact) mass is 365 g/mol. The van der Waals surface area contributed by atoms with Crippen molar-refractivity contribution in [1.29, 1.82) is 0 Å². The number of aromatic amines is 1. The lowest BCUT2D eigenvalue weighted by molar-refractivity contribution is 0.141. The van der Waals surface area contributed by atoms with Crippen LogP contribution in [0.25, 0.3) is 11.8 Å². The average molecular weight is 365 g/mol. The first-order valence-electron chi connectivity index (χ1n) is 8.20. The molecule has 3 rings (SSSR count). The van der Waals surface area contributed by atoms with E-state index < -0.39 is 6.09 Å². The Morgan fingerprint density at radius 1 is 1.15 bits per heavy atom. The molecule has 0 unspecified atom stereocenters. The lowest BCUT2D eigenvalue weighted by Crippen LogP contribution is -2.24. The molecule has 1 aromatic heterocycles. The second kappa shape index (κ2) is 8.82. The fourth-order valence-electron chi connectivity index (χ4n) is 2.38. The topological polar surface area (TPSA) is 59.0 Å². The fourth-order valence-corrected chi connectivity index (χ4v) is 2.62. The lowest BCUT2D eigenvalue weighted by Gasteiger charge is -2.05. The Labute approximate surface area is 157 Å². The summed E-state index contributed by atoms with van der Waals surface area (Å²) in [5, 5.41) is 2.69. The number of carbonyl (C=O) groups is 1. The molecule has 2 N–H and O–H groups in total. The van der Waals surface area contributed by atoms with Crippen LogP contribution in [0.4, 0.5) is 4.79 Å². The molecule has 0 aliphatic heterocycles. The summed E-state index contributed by atoms with van der Waals surface area (Å²) < 4.78 is 7.70. The number of aromatic nitrogens is 2. The predicted molar refractivity (Wildman–Crippen MR) is 105 cm³/mol. The highest BCUT2D eigenvalue weighted by molar-refractivity contribution is 7.71. The third kappa shape index (κ3) is 4.94. The van der Waals surface area contributed by atoms with E-state index in [1.807, 2.05) is 77.5 Å². The summed E-state index contributed by atoms with van der Waals surface area (Å²) in [6, 6.07) is 17.5. The predicted octanol–water partition coefficient (Wildman–Crippen LogP) is 4.47. The summed E-state index contributed by atoms with van der Waals surface area (Å²) >= 11 is 5.20. The zero-order valence-corrected chi connectivity index (χ0v) is 14.9. The van der Waals surface area contributed by atoms with Crippen LogP contribution in [0.3, 0.4) is 0 Å². The van der Waals surface area contributed by atoms with E-state index in [-0.39, 0.29) is 6.61 Å². The molecule has 0 aliphatic rings. The number of hydrogen-bond acceptors (Lipinski definition) is 3. The summed E-state index contributed by atoms with van der Waals surface area (Å²) in [6.45, 7) is 0.664. The standard InChI is InChI=1S/C20H19N3O2S/c24-20(25-15-17-5-2-1-3-6-17)22-12-4-7-16-8-10-18(11-9-16)23-14-13-21-19(23)26/h1-11,13-14H,12,15H2,(H,21,26)(H,22,24). The van der Waals surface area contributed by atoms with Gasteiger partial charge in [0.25, 0.3) is 0 Å². The summed E-state index contributed by atoms with van der Waals surface area (Å²) in [5.74, 6) is 0. The second-order valence-electron chi connectivity index (χ2n) is 5.57. The number of ether oxygens (including phenoxy) is 1. The van der Waals surface area contributed by atoms with Gasteiger partial charge in [-0.2, -0.15) is 0 Å². The number of rotatable bonds is 6. The summed E-state index contributed by atoms with van der Waals surface area (Å²) in [6.07, 6.45) is 7.07. The van der Waals surface area contributed by atoms with Gasteiger partial charge < -0.3 is 15.0 Å². The van der Waals surface area contributed by atoms with Crippen LogP contribution in [-0.2, 0) is 11.3 Å². The van der Waals surface area contributed by atoms with Crippen molar-refractivity contribution >= 4 is 24.4 Å². The molecule has 0 saturated heterocycles. The second-order valence-corrected chi connectivity index (χ2v) is 5.96. The first-order valence-corrected chi connectivity index (χ1v) is 8.61. The van der Waals surface area contributed by atoms with E-state index >= 15 is 0 Å². The Morgan fingerprint density at radius 3 is 2.62 bits per heavy atom. The van der Waals surface area contributed by atoms with Gasteiger partial charge >= 0.3 is 6.09 Å². The number of hydrogen-bond donors (Lipinski definition) is 2. The SMILES string of the molecule is O=C(NCC=Cc1ccc(-n2cc[nH]c2=S)cc1)OCc1ccccc1. The lowest BCUT2D eigenvalue weighted by atomic mass is 10.2. The molecule has 0 spiro atoms. The van der Waals surface area contributed by atoms with Crippen molar-refractivity contribution in [1.82, 2.24) is 14.9 Å². The van der Waals surface area contributed by atoms with Crippen molar-refractivity contribution in [3.63, 3.8) is 0 Å². The minimum atomic E-state index is -0.435. The number of nitrogens with one attached hydrogen (secondary N) is 2. The van der Waals surface area contributed by atoms with Gasteiger partial charge in [-0.1, -0.05) is 54.6 Å². The van der Waals surface area contributed by atoms with Crippen LogP contribution < -0.4 is 5.32 Å². The minimum absolute atomic E-state index is 0.263. The Kier molecular flexibility index (Phi) is 6.01. The van der Waals surface area contributed by atoms with Crippen molar-refractivity contribution in [2.45, 2.75) is 6.61 Å². The fraction of sp³-hybridized carbons (Fsp3) is 0.100. The largest absolute Gasteiger partial charge is 0.445 e. The van der Waals surface area contributed by atoms with E-state index in [1.165, 1.54) is 0 Å². The molecule has 1 heterocycles. The zero-order chi connectivity index (χ0) is 18.2. The maximum atomic E-state index is 11.7. The van der Waals surface area contributed by atoms with Crippen molar-refractivity contribution in [2.75, 3.05) is 6.54 Å². The van der Waals surface area contributed by atoms with Crippen LogP contribution >= 0.6 is 12.2 Å². The highest BCUT2D eigenvalue weighted by Gasteiger charge is 2.00. The van der Waals surface area contributed by atoms with E-state index in [4.69, 9.17) is 17.0 Å². The van der Waals surface area contributed by atoms with Crippen LogP contribution in [0.1, 0.15) is 11.1 Å². The molecule has 0 atom stereocenters. The first kappa shape index (κ1) is 17.7. The Hall–Kier alpha value is -3.12. The molecule has 5 nitrogen and oxygen atoms in total. The summed E-state index contributed by atoms with van der Waals surface area (Å²) in [5.41, 5.74) is 2.99. The maximum Gasteiger partial charge on any atom is 0.407 e. The van der Waals surface area contributed by atoms with Gasteiger partial charge in [0.15, 0.2) is 4.77 Å². The Morgan fingerprint density at radius 2 is 1.92 bits per heavy atom. The molecule has 0 fully saturated rings. The molecule has 26 heavy (non-hydrogen) atoms. The van der Waals surface area contributed by atoms with Gasteiger partial charge in [-0.15, -0.1) is 0 Å². The highest BCUT2D eigenvalue weighted by atomic mass is 32.1. The number of amides is 1. The molecule has 2 aromatic carbocycles. The number of carbonyl (C=O) groups excluding carboxylic acids is 1. The molecule has 132 valence electrons. The molecule has 3 aromatic rings. The van der Waals surface area contributed by atoms with Crippen molar-refractivity contribution in [2.24, 2.45) is 0 Å². The number of alkyl carbamates (subject to hydrolysis) is 1. The van der Waals surface area contributed by atoms with Crippen LogP contribution in [0.5, 0.6) is 0 Å². The maximum absolute atomic E-state index is 11.7. The van der Waals surface area contributed by atoms with Crippen LogP contribution in [0.2, 0.25) is 0 Å². The normalized spacial score (nSPS) is 10.8. The molecule has 0 aliphatic carbocycles. The molecular formula is C20H19N3O2S. The van der Waals surface area contributed by atoms with E-state index in [0.717, 1.165) is 16.8 Å². The Balaban J connectivity index is 1.44. The van der Waals surface area contributed by atoms with E-state index in [2.05, 4.69) is 10.3 Å². The van der Waals surface area contributed by atoms with Gasteiger partial charge in [0.05, 0.1) is 0 Å². The summed E-state index contributed by atoms with van der Waals surface area (Å²) in [7, 11) is 0. The van der Waals surface area contributed by atoms with E-state index in [0.29, 0.717) is 11.3 Å². The van der Waals surface area contributed by atoms with Crippen molar-refractivity contribution in [3.05, 3.63) is 89.0 Å². The number of H-pyrrole nitrogens is 1. The van der Waals surface area contributed by atoms with Crippen LogP contribution in [0, 0.1) is 4.77 Å². The van der Waals surface area contributed by atoms with E-state index in [9.17, 15) is 4.79 Å². The molecule has 6 heteroatoms. The van der Waals surface area contributed by atoms with Crippen molar-refractivity contribution < 1.29 is 9.53 Å². The number of benzene rings is 2. The van der Waals surface area contributed by atoms with Gasteiger partial charge in [0, 0.05) is 24.6 Å². The smallest absolute Gasteiger partial charge is 0.407 e. The van der Waals surface area contributed by atoms with Crippen LogP contribution in [-0.4, -0.2) is 22.2 Å². The quantitative estimate of drug-likeness (QED) is 0.634. The zero-order valence-electron chi connectivity index (χ0n) is 14.1. The number of nitrogens with zero attached hydrogens (tertiary/aromatic N) is 1. The third-order valence-electron chi connectivity index (χ3n) is 3.71.